The number of pyridine rings is 1. The topological polar surface area (TPSA) is 71.2 Å². The van der Waals surface area contributed by atoms with Crippen molar-refractivity contribution in [3.05, 3.63) is 17.4 Å². The Kier molecular flexibility index (Phi) is 3.13. The Labute approximate surface area is 75.4 Å². The number of hydrogen-bond donors (Lipinski definition) is 3. The smallest absolute Gasteiger partial charge is 0.153 e. The minimum atomic E-state index is 0.0549. The molecule has 0 aliphatic heterocycles. The second kappa shape index (κ2) is 4.13. The molecular formula is C7H10ClN3O. The third-order valence-corrected chi connectivity index (χ3v) is 1.67. The number of hydrogen-bond acceptors (Lipinski definition) is 4. The zero-order valence-electron chi connectivity index (χ0n) is 6.42. The predicted octanol–water partition coefficient (Wildman–Crippen LogP) is 0.721. The number of aliphatic hydroxyl groups excluding tert-OH is 1. The molecule has 0 aliphatic rings. The van der Waals surface area contributed by atoms with Gasteiger partial charge in [-0.05, 0) is 6.07 Å². The van der Waals surface area contributed by atoms with Gasteiger partial charge in [-0.15, -0.1) is 0 Å². The van der Waals surface area contributed by atoms with E-state index in [9.17, 15) is 0 Å². The van der Waals surface area contributed by atoms with E-state index < -0.39 is 0 Å². The Bertz CT molecular complexity index is 267. The standard InChI is InChI=1S/C7H10ClN3O/c8-7-6(9)5(1-2-11-7)10-3-4-12/h1-2,12H,3-4,9H2,(H,10,11). The number of anilines is 2. The summed E-state index contributed by atoms with van der Waals surface area (Å²) < 4.78 is 0. The lowest BCUT2D eigenvalue weighted by Gasteiger charge is -2.07. The predicted molar refractivity (Wildman–Crippen MR) is 49.2 cm³/mol. The molecule has 0 amide bonds. The van der Waals surface area contributed by atoms with Crippen molar-refractivity contribution in [3.63, 3.8) is 0 Å². The molecular weight excluding hydrogens is 178 g/mol. The molecule has 0 saturated heterocycles. The van der Waals surface area contributed by atoms with Gasteiger partial charge in [-0.2, -0.15) is 0 Å². The van der Waals surface area contributed by atoms with Crippen LogP contribution < -0.4 is 11.1 Å². The maximum absolute atomic E-state index is 8.54. The van der Waals surface area contributed by atoms with Crippen molar-refractivity contribution < 1.29 is 5.11 Å². The first kappa shape index (κ1) is 9.09. The van der Waals surface area contributed by atoms with Gasteiger partial charge in [-0.1, -0.05) is 11.6 Å². The molecule has 4 N–H and O–H groups in total. The highest BCUT2D eigenvalue weighted by Crippen LogP contribution is 2.23. The van der Waals surface area contributed by atoms with Crippen LogP contribution in [0.2, 0.25) is 5.15 Å². The lowest BCUT2D eigenvalue weighted by Crippen LogP contribution is -2.07. The maximum atomic E-state index is 8.54. The van der Waals surface area contributed by atoms with Crippen LogP contribution in [0.3, 0.4) is 0 Å². The van der Waals surface area contributed by atoms with E-state index in [-0.39, 0.29) is 11.8 Å². The van der Waals surface area contributed by atoms with Crippen molar-refractivity contribution in [2.45, 2.75) is 0 Å². The summed E-state index contributed by atoms with van der Waals surface area (Å²) in [5.41, 5.74) is 6.69. The summed E-state index contributed by atoms with van der Waals surface area (Å²) in [4.78, 5) is 3.79. The molecule has 5 heteroatoms. The second-order valence-corrected chi connectivity index (χ2v) is 2.57. The van der Waals surface area contributed by atoms with E-state index in [4.69, 9.17) is 22.4 Å². The Hall–Kier alpha value is -1.00. The molecule has 0 aliphatic carbocycles. The van der Waals surface area contributed by atoms with Gasteiger partial charge in [0.25, 0.3) is 0 Å². The molecule has 0 atom stereocenters. The van der Waals surface area contributed by atoms with Gasteiger partial charge in [0.15, 0.2) is 5.15 Å². The van der Waals surface area contributed by atoms with Gasteiger partial charge >= 0.3 is 0 Å². The van der Waals surface area contributed by atoms with Crippen molar-refractivity contribution in [1.29, 1.82) is 0 Å². The molecule has 0 radical (unpaired) electrons. The Morgan fingerprint density at radius 1 is 1.67 bits per heavy atom. The van der Waals surface area contributed by atoms with Crippen LogP contribution in [0.25, 0.3) is 0 Å². The van der Waals surface area contributed by atoms with E-state index in [0.717, 1.165) is 0 Å². The SMILES string of the molecule is Nc1c(NCCO)ccnc1Cl. The zero-order valence-corrected chi connectivity index (χ0v) is 7.17. The molecule has 1 heterocycles. The summed E-state index contributed by atoms with van der Waals surface area (Å²) >= 11 is 5.65. The average molecular weight is 188 g/mol. The highest BCUT2D eigenvalue weighted by molar-refractivity contribution is 6.32. The third kappa shape index (κ3) is 1.99. The van der Waals surface area contributed by atoms with Crippen molar-refractivity contribution in [3.8, 4) is 0 Å². The fourth-order valence-corrected chi connectivity index (χ4v) is 0.951. The van der Waals surface area contributed by atoms with Crippen LogP contribution in [-0.2, 0) is 0 Å². The van der Waals surface area contributed by atoms with Crippen LogP contribution in [0.1, 0.15) is 0 Å². The van der Waals surface area contributed by atoms with E-state index in [2.05, 4.69) is 10.3 Å². The van der Waals surface area contributed by atoms with Gasteiger partial charge in [0, 0.05) is 12.7 Å². The number of nitrogen functional groups attached to an aromatic ring is 1. The minimum absolute atomic E-state index is 0.0549. The number of nitrogens with two attached hydrogens (primary N) is 1. The first-order chi connectivity index (χ1) is 5.75. The van der Waals surface area contributed by atoms with Crippen molar-refractivity contribution in [2.75, 3.05) is 24.2 Å². The first-order valence-corrected chi connectivity index (χ1v) is 3.88. The maximum Gasteiger partial charge on any atom is 0.153 e. The lowest BCUT2D eigenvalue weighted by atomic mass is 10.3. The number of nitrogens with zero attached hydrogens (tertiary/aromatic N) is 1. The molecule has 4 nitrogen and oxygen atoms in total. The van der Waals surface area contributed by atoms with Crippen molar-refractivity contribution in [2.24, 2.45) is 0 Å². The number of rotatable bonds is 3. The second-order valence-electron chi connectivity index (χ2n) is 2.21. The molecule has 0 bridgehead atoms. The number of aliphatic hydroxyl groups is 1. The number of halogens is 1. The van der Waals surface area contributed by atoms with Crippen LogP contribution in [0.15, 0.2) is 12.3 Å². The van der Waals surface area contributed by atoms with Crippen LogP contribution in [0, 0.1) is 0 Å². The van der Waals surface area contributed by atoms with Crippen molar-refractivity contribution in [1.82, 2.24) is 4.98 Å². The number of nitrogens with one attached hydrogen (secondary N) is 1. The summed E-state index contributed by atoms with van der Waals surface area (Å²) in [5, 5.41) is 11.7. The van der Waals surface area contributed by atoms with Gasteiger partial charge in [0.2, 0.25) is 0 Å². The molecule has 0 aromatic carbocycles. The lowest BCUT2D eigenvalue weighted by molar-refractivity contribution is 0.311. The van der Waals surface area contributed by atoms with Crippen LogP contribution in [0.5, 0.6) is 0 Å². The summed E-state index contributed by atoms with van der Waals surface area (Å²) in [5.74, 6) is 0. The Morgan fingerprint density at radius 2 is 2.42 bits per heavy atom. The van der Waals surface area contributed by atoms with E-state index in [0.29, 0.717) is 17.9 Å². The number of aromatic nitrogens is 1. The van der Waals surface area contributed by atoms with E-state index in [1.54, 1.807) is 12.3 Å². The molecule has 0 spiro atoms. The molecule has 1 aromatic heterocycles. The summed E-state index contributed by atoms with van der Waals surface area (Å²) in [6, 6.07) is 1.71. The van der Waals surface area contributed by atoms with Crippen LogP contribution in [-0.4, -0.2) is 23.2 Å². The largest absolute Gasteiger partial charge is 0.395 e. The van der Waals surface area contributed by atoms with Gasteiger partial charge in [-0.25, -0.2) is 4.98 Å². The fraction of sp³-hybridized carbons (Fsp3) is 0.286. The van der Waals surface area contributed by atoms with Gasteiger partial charge < -0.3 is 16.2 Å². The van der Waals surface area contributed by atoms with E-state index >= 15 is 0 Å². The Morgan fingerprint density at radius 3 is 3.08 bits per heavy atom. The fourth-order valence-electron chi connectivity index (χ4n) is 0.792. The molecule has 12 heavy (non-hydrogen) atoms. The normalized spacial score (nSPS) is 9.83. The van der Waals surface area contributed by atoms with Crippen LogP contribution in [0.4, 0.5) is 11.4 Å². The molecule has 0 fully saturated rings. The zero-order chi connectivity index (χ0) is 8.97. The highest BCUT2D eigenvalue weighted by Gasteiger charge is 2.01. The van der Waals surface area contributed by atoms with Gasteiger partial charge in [0.05, 0.1) is 18.0 Å². The Balaban J connectivity index is 2.78. The van der Waals surface area contributed by atoms with Gasteiger partial charge in [0.1, 0.15) is 0 Å². The average Bonchev–Trinajstić information content (AvgIpc) is 2.08. The molecule has 0 saturated carbocycles. The minimum Gasteiger partial charge on any atom is -0.395 e. The quantitative estimate of drug-likeness (QED) is 0.610. The molecule has 1 rings (SSSR count). The summed E-state index contributed by atoms with van der Waals surface area (Å²) in [6.45, 7) is 0.504. The molecule has 0 unspecified atom stereocenters. The monoisotopic (exact) mass is 187 g/mol. The first-order valence-electron chi connectivity index (χ1n) is 3.50. The van der Waals surface area contributed by atoms with Crippen molar-refractivity contribution >= 4 is 23.0 Å². The molecule has 66 valence electrons. The summed E-state index contributed by atoms with van der Waals surface area (Å²) in [7, 11) is 0. The van der Waals surface area contributed by atoms with Crippen LogP contribution >= 0.6 is 11.6 Å². The summed E-state index contributed by atoms with van der Waals surface area (Å²) in [6.07, 6.45) is 1.55. The third-order valence-electron chi connectivity index (χ3n) is 1.37. The van der Waals surface area contributed by atoms with Gasteiger partial charge in [-0.3, -0.25) is 0 Å². The molecule has 1 aromatic rings. The van der Waals surface area contributed by atoms with E-state index in [1.807, 2.05) is 0 Å². The highest BCUT2D eigenvalue weighted by atomic mass is 35.5. The van der Waals surface area contributed by atoms with E-state index in [1.165, 1.54) is 0 Å².